The minimum atomic E-state index is -0.208. The molecule has 0 aliphatic carbocycles. The van der Waals surface area contributed by atoms with Crippen molar-refractivity contribution in [3.63, 3.8) is 0 Å². The van der Waals surface area contributed by atoms with E-state index in [1.54, 1.807) is 0 Å². The van der Waals surface area contributed by atoms with Crippen LogP contribution >= 0.6 is 24.0 Å². The summed E-state index contributed by atoms with van der Waals surface area (Å²) in [6.07, 6.45) is 3.93. The summed E-state index contributed by atoms with van der Waals surface area (Å²) >= 11 is 0. The van der Waals surface area contributed by atoms with Crippen molar-refractivity contribution in [3.8, 4) is 0 Å². The molecule has 0 saturated carbocycles. The number of halogens is 2. The second-order valence-corrected chi connectivity index (χ2v) is 7.73. The van der Waals surface area contributed by atoms with Gasteiger partial charge in [0.05, 0.1) is 19.3 Å². The fourth-order valence-corrected chi connectivity index (χ4v) is 3.85. The lowest BCUT2D eigenvalue weighted by atomic mass is 9.74. The average Bonchev–Trinajstić information content (AvgIpc) is 3.26. The van der Waals surface area contributed by atoms with Crippen molar-refractivity contribution in [2.75, 3.05) is 52.7 Å². The summed E-state index contributed by atoms with van der Waals surface area (Å²) in [4.78, 5) is 4.87. The quantitative estimate of drug-likeness (QED) is 0.220. The van der Waals surface area contributed by atoms with Crippen LogP contribution < -0.4 is 10.6 Å². The molecule has 2 N–H and O–H groups in total. The number of benzene rings is 1. The van der Waals surface area contributed by atoms with E-state index in [9.17, 15) is 4.39 Å². The van der Waals surface area contributed by atoms with Crippen molar-refractivity contribution in [2.45, 2.75) is 44.1 Å². The molecule has 1 aromatic rings. The predicted molar refractivity (Wildman–Crippen MR) is 127 cm³/mol. The fraction of sp³-hybridized carbons (Fsp3) is 0.682. The van der Waals surface area contributed by atoms with E-state index in [1.807, 2.05) is 12.1 Å². The summed E-state index contributed by atoms with van der Waals surface area (Å²) in [7, 11) is 0. The molecule has 2 saturated heterocycles. The van der Waals surface area contributed by atoms with Gasteiger partial charge in [0.1, 0.15) is 5.82 Å². The topological polar surface area (TPSA) is 64.1 Å². The monoisotopic (exact) mass is 535 g/mol. The zero-order chi connectivity index (χ0) is 20.4. The van der Waals surface area contributed by atoms with Crippen LogP contribution in [0.15, 0.2) is 29.3 Å². The van der Waals surface area contributed by atoms with Crippen LogP contribution in [0.5, 0.6) is 0 Å². The Morgan fingerprint density at radius 1 is 1.17 bits per heavy atom. The molecule has 0 spiro atoms. The molecule has 1 aromatic carbocycles. The molecular formula is C22H35FIN3O3. The van der Waals surface area contributed by atoms with Crippen molar-refractivity contribution in [2.24, 2.45) is 4.99 Å². The number of ether oxygens (including phenoxy) is 3. The molecule has 2 fully saturated rings. The highest BCUT2D eigenvalue weighted by atomic mass is 127. The van der Waals surface area contributed by atoms with Gasteiger partial charge in [-0.1, -0.05) is 12.1 Å². The van der Waals surface area contributed by atoms with E-state index >= 15 is 0 Å². The maximum atomic E-state index is 13.4. The normalized spacial score (nSPS) is 21.1. The lowest BCUT2D eigenvalue weighted by Gasteiger charge is -2.36. The molecule has 2 aliphatic heterocycles. The van der Waals surface area contributed by atoms with E-state index in [0.717, 1.165) is 63.5 Å². The predicted octanol–water partition coefficient (Wildman–Crippen LogP) is 3.24. The number of nitrogens with one attached hydrogen (secondary N) is 2. The van der Waals surface area contributed by atoms with Crippen LogP contribution in [0.2, 0.25) is 0 Å². The van der Waals surface area contributed by atoms with Gasteiger partial charge in [-0.05, 0) is 50.3 Å². The lowest BCUT2D eigenvalue weighted by Crippen LogP contribution is -2.41. The van der Waals surface area contributed by atoms with E-state index in [-0.39, 0.29) is 41.3 Å². The molecule has 170 valence electrons. The Bertz CT molecular complexity index is 633. The van der Waals surface area contributed by atoms with Crippen molar-refractivity contribution >= 4 is 29.9 Å². The Labute approximate surface area is 196 Å². The summed E-state index contributed by atoms with van der Waals surface area (Å²) in [5.41, 5.74) is 1.02. The molecule has 0 radical (unpaired) electrons. The van der Waals surface area contributed by atoms with Crippen LogP contribution in [-0.2, 0) is 19.6 Å². The van der Waals surface area contributed by atoms with Crippen LogP contribution in [0.25, 0.3) is 0 Å². The third kappa shape index (κ3) is 7.62. The molecule has 6 nitrogen and oxygen atoms in total. The Kier molecular flexibility index (Phi) is 11.3. The highest BCUT2D eigenvalue weighted by molar-refractivity contribution is 14.0. The smallest absolute Gasteiger partial charge is 0.191 e. The average molecular weight is 535 g/mol. The number of hydrogen-bond acceptors (Lipinski definition) is 4. The first-order chi connectivity index (χ1) is 14.2. The second-order valence-electron chi connectivity index (χ2n) is 7.73. The van der Waals surface area contributed by atoms with Crippen LogP contribution in [0.4, 0.5) is 4.39 Å². The van der Waals surface area contributed by atoms with E-state index in [1.165, 1.54) is 12.1 Å². The molecule has 1 atom stereocenters. The summed E-state index contributed by atoms with van der Waals surface area (Å²) in [6, 6.07) is 6.85. The van der Waals surface area contributed by atoms with E-state index in [0.29, 0.717) is 26.4 Å². The summed E-state index contributed by atoms with van der Waals surface area (Å²) in [5, 5.41) is 6.72. The molecule has 30 heavy (non-hydrogen) atoms. The minimum Gasteiger partial charge on any atom is -0.381 e. The van der Waals surface area contributed by atoms with Gasteiger partial charge in [-0.2, -0.15) is 0 Å². The van der Waals surface area contributed by atoms with E-state index in [2.05, 4.69) is 17.6 Å². The number of hydrogen-bond donors (Lipinski definition) is 2. The van der Waals surface area contributed by atoms with Crippen LogP contribution in [-0.4, -0.2) is 64.7 Å². The minimum absolute atomic E-state index is 0. The second kappa shape index (κ2) is 13.4. The number of nitrogens with zero attached hydrogens (tertiary/aromatic N) is 1. The molecule has 2 aliphatic rings. The first-order valence-electron chi connectivity index (χ1n) is 10.8. The molecule has 2 heterocycles. The Morgan fingerprint density at radius 3 is 2.60 bits per heavy atom. The van der Waals surface area contributed by atoms with Crippen molar-refractivity contribution in [1.29, 1.82) is 0 Å². The van der Waals surface area contributed by atoms with Gasteiger partial charge in [0, 0.05) is 44.9 Å². The molecule has 1 unspecified atom stereocenters. The van der Waals surface area contributed by atoms with Crippen molar-refractivity contribution < 1.29 is 18.6 Å². The maximum absolute atomic E-state index is 13.4. The number of guanidine groups is 1. The summed E-state index contributed by atoms with van der Waals surface area (Å²) < 4.78 is 30.1. The molecule has 0 amide bonds. The first-order valence-corrected chi connectivity index (χ1v) is 10.8. The van der Waals surface area contributed by atoms with Gasteiger partial charge in [0.25, 0.3) is 0 Å². The zero-order valence-corrected chi connectivity index (χ0v) is 20.2. The summed E-state index contributed by atoms with van der Waals surface area (Å²) in [5.74, 6) is 0.602. The summed E-state index contributed by atoms with van der Waals surface area (Å²) in [6.45, 7) is 7.96. The highest BCUT2D eigenvalue weighted by Crippen LogP contribution is 2.35. The van der Waals surface area contributed by atoms with Crippen LogP contribution in [0, 0.1) is 5.82 Å². The Hall–Kier alpha value is -0.970. The van der Waals surface area contributed by atoms with Gasteiger partial charge in [0.15, 0.2) is 5.96 Å². The fourth-order valence-electron chi connectivity index (χ4n) is 3.85. The van der Waals surface area contributed by atoms with Gasteiger partial charge in [0.2, 0.25) is 0 Å². The Balaban J connectivity index is 0.00000320. The zero-order valence-electron chi connectivity index (χ0n) is 17.8. The van der Waals surface area contributed by atoms with Crippen LogP contribution in [0.1, 0.15) is 38.2 Å². The first kappa shape index (κ1) is 25.3. The van der Waals surface area contributed by atoms with Gasteiger partial charge in [-0.3, -0.25) is 4.99 Å². The molecule has 8 heteroatoms. The van der Waals surface area contributed by atoms with Gasteiger partial charge in [-0.15, -0.1) is 24.0 Å². The Morgan fingerprint density at radius 2 is 1.93 bits per heavy atom. The SMILES string of the molecule is CCNC(=NCC1(c2ccc(F)cc2)CCOCC1)NCCCOC1CCOC1.I. The number of rotatable bonds is 9. The van der Waals surface area contributed by atoms with E-state index in [4.69, 9.17) is 19.2 Å². The molecule has 3 rings (SSSR count). The van der Waals surface area contributed by atoms with Gasteiger partial charge >= 0.3 is 0 Å². The largest absolute Gasteiger partial charge is 0.381 e. The standard InChI is InChI=1S/C22H34FN3O3.HI/c1-2-24-21(25-11-3-12-29-20-8-13-28-16-20)26-17-22(9-14-27-15-10-22)18-4-6-19(23)7-5-18;/h4-7,20H,2-3,8-17H2,1H3,(H2,24,25,26);1H. The van der Waals surface area contributed by atoms with Gasteiger partial charge in [-0.25, -0.2) is 4.39 Å². The van der Waals surface area contributed by atoms with E-state index < -0.39 is 0 Å². The van der Waals surface area contributed by atoms with Gasteiger partial charge < -0.3 is 24.8 Å². The third-order valence-electron chi connectivity index (χ3n) is 5.65. The molecule has 0 bridgehead atoms. The molecule has 0 aromatic heterocycles. The van der Waals surface area contributed by atoms with Crippen molar-refractivity contribution in [1.82, 2.24) is 10.6 Å². The lowest BCUT2D eigenvalue weighted by molar-refractivity contribution is 0.0419. The van der Waals surface area contributed by atoms with Crippen molar-refractivity contribution in [3.05, 3.63) is 35.6 Å². The van der Waals surface area contributed by atoms with Crippen LogP contribution in [0.3, 0.4) is 0 Å². The highest BCUT2D eigenvalue weighted by Gasteiger charge is 2.34. The number of aliphatic imine (C=N–C) groups is 1. The molecular weight excluding hydrogens is 500 g/mol. The third-order valence-corrected chi connectivity index (χ3v) is 5.65. The maximum Gasteiger partial charge on any atom is 0.191 e.